The van der Waals surface area contributed by atoms with Crippen LogP contribution in [0.3, 0.4) is 0 Å². The standard InChI is InChI=1S/C13H28N2O/c1-9-7-15(8-10(2)16-9)12(11(3)14)13(4,5)6/h9-12H,7-8,14H2,1-6H3. The van der Waals surface area contributed by atoms with Crippen LogP contribution >= 0.6 is 0 Å². The van der Waals surface area contributed by atoms with Crippen LogP contribution in [0.5, 0.6) is 0 Å². The van der Waals surface area contributed by atoms with Gasteiger partial charge in [0.15, 0.2) is 0 Å². The molecule has 2 N–H and O–H groups in total. The summed E-state index contributed by atoms with van der Waals surface area (Å²) in [7, 11) is 0. The summed E-state index contributed by atoms with van der Waals surface area (Å²) in [5.41, 5.74) is 6.38. The minimum atomic E-state index is 0.192. The van der Waals surface area contributed by atoms with Gasteiger partial charge in [-0.2, -0.15) is 0 Å². The molecule has 0 aromatic carbocycles. The molecule has 0 spiro atoms. The van der Waals surface area contributed by atoms with Crippen molar-refractivity contribution in [3.05, 3.63) is 0 Å². The van der Waals surface area contributed by atoms with E-state index in [1.807, 2.05) is 0 Å². The Morgan fingerprint density at radius 2 is 1.62 bits per heavy atom. The van der Waals surface area contributed by atoms with Crippen LogP contribution in [-0.4, -0.2) is 42.3 Å². The summed E-state index contributed by atoms with van der Waals surface area (Å²) in [5.74, 6) is 0. The van der Waals surface area contributed by atoms with E-state index in [1.165, 1.54) is 0 Å². The van der Waals surface area contributed by atoms with E-state index in [2.05, 4.69) is 46.4 Å². The predicted molar refractivity (Wildman–Crippen MR) is 68.5 cm³/mol. The van der Waals surface area contributed by atoms with Crippen LogP contribution in [0.25, 0.3) is 0 Å². The van der Waals surface area contributed by atoms with Gasteiger partial charge in [0.1, 0.15) is 0 Å². The normalized spacial score (nSPS) is 32.4. The minimum Gasteiger partial charge on any atom is -0.373 e. The van der Waals surface area contributed by atoms with Gasteiger partial charge in [-0.3, -0.25) is 4.90 Å². The third-order valence-corrected chi connectivity index (χ3v) is 3.23. The van der Waals surface area contributed by atoms with Gasteiger partial charge in [-0.15, -0.1) is 0 Å². The van der Waals surface area contributed by atoms with Crippen molar-refractivity contribution in [2.45, 2.75) is 65.8 Å². The fourth-order valence-corrected chi connectivity index (χ4v) is 3.11. The van der Waals surface area contributed by atoms with Gasteiger partial charge in [-0.25, -0.2) is 0 Å². The van der Waals surface area contributed by atoms with E-state index < -0.39 is 0 Å². The quantitative estimate of drug-likeness (QED) is 0.784. The Labute approximate surface area is 100 Å². The summed E-state index contributed by atoms with van der Waals surface area (Å²) < 4.78 is 5.78. The molecule has 0 aromatic rings. The number of ether oxygens (including phenoxy) is 1. The van der Waals surface area contributed by atoms with Crippen molar-refractivity contribution in [1.29, 1.82) is 0 Å². The van der Waals surface area contributed by atoms with Gasteiger partial charge >= 0.3 is 0 Å². The third-order valence-electron chi connectivity index (χ3n) is 3.23. The SMILES string of the molecule is CC1CN(C(C(C)N)C(C)(C)C)CC(C)O1. The molecule has 4 atom stereocenters. The predicted octanol–water partition coefficient (Wildman–Crippen LogP) is 1.86. The molecule has 16 heavy (non-hydrogen) atoms. The van der Waals surface area contributed by atoms with Gasteiger partial charge in [0.25, 0.3) is 0 Å². The van der Waals surface area contributed by atoms with Crippen molar-refractivity contribution in [3.63, 3.8) is 0 Å². The van der Waals surface area contributed by atoms with Crippen LogP contribution in [0.2, 0.25) is 0 Å². The maximum absolute atomic E-state index is 6.16. The molecule has 0 bridgehead atoms. The van der Waals surface area contributed by atoms with Gasteiger partial charge in [-0.05, 0) is 26.2 Å². The van der Waals surface area contributed by atoms with E-state index in [0.717, 1.165) is 13.1 Å². The van der Waals surface area contributed by atoms with Gasteiger partial charge in [0, 0.05) is 25.2 Å². The highest BCUT2D eigenvalue weighted by atomic mass is 16.5. The lowest BCUT2D eigenvalue weighted by molar-refractivity contribution is -0.0961. The molecule has 1 fully saturated rings. The number of morpholine rings is 1. The number of nitrogens with two attached hydrogens (primary N) is 1. The first-order valence-corrected chi connectivity index (χ1v) is 6.37. The highest BCUT2D eigenvalue weighted by molar-refractivity contribution is 4.91. The number of nitrogens with zero attached hydrogens (tertiary/aromatic N) is 1. The smallest absolute Gasteiger partial charge is 0.0678 e. The second-order valence-electron chi connectivity index (χ2n) is 6.38. The van der Waals surface area contributed by atoms with E-state index in [9.17, 15) is 0 Å². The molecule has 96 valence electrons. The van der Waals surface area contributed by atoms with E-state index in [4.69, 9.17) is 10.5 Å². The summed E-state index contributed by atoms with van der Waals surface area (Å²) in [6, 6.07) is 0.610. The van der Waals surface area contributed by atoms with Crippen molar-refractivity contribution < 1.29 is 4.74 Å². The van der Waals surface area contributed by atoms with Crippen molar-refractivity contribution in [3.8, 4) is 0 Å². The topological polar surface area (TPSA) is 38.5 Å². The first-order chi connectivity index (χ1) is 7.21. The van der Waals surface area contributed by atoms with Crippen LogP contribution in [0.1, 0.15) is 41.5 Å². The maximum atomic E-state index is 6.16. The summed E-state index contributed by atoms with van der Waals surface area (Å²) in [6.45, 7) is 15.2. The van der Waals surface area contributed by atoms with Crippen molar-refractivity contribution in [1.82, 2.24) is 4.90 Å². The van der Waals surface area contributed by atoms with Gasteiger partial charge in [0.2, 0.25) is 0 Å². The lowest BCUT2D eigenvalue weighted by Crippen LogP contribution is -2.59. The average Bonchev–Trinajstić information content (AvgIpc) is 1.96. The Bertz CT molecular complexity index is 212. The molecule has 1 saturated heterocycles. The Morgan fingerprint density at radius 3 is 1.94 bits per heavy atom. The fourth-order valence-electron chi connectivity index (χ4n) is 3.11. The third kappa shape index (κ3) is 3.44. The lowest BCUT2D eigenvalue weighted by Gasteiger charge is -2.47. The van der Waals surface area contributed by atoms with Crippen molar-refractivity contribution in [2.75, 3.05) is 13.1 Å². The van der Waals surface area contributed by atoms with Gasteiger partial charge < -0.3 is 10.5 Å². The summed E-state index contributed by atoms with van der Waals surface area (Å²) >= 11 is 0. The Hall–Kier alpha value is -0.120. The first-order valence-electron chi connectivity index (χ1n) is 6.37. The Kier molecular flexibility index (Phi) is 4.38. The Morgan fingerprint density at radius 1 is 1.19 bits per heavy atom. The van der Waals surface area contributed by atoms with Crippen molar-refractivity contribution >= 4 is 0 Å². The molecular weight excluding hydrogens is 200 g/mol. The minimum absolute atomic E-state index is 0.192. The zero-order valence-electron chi connectivity index (χ0n) is 11.7. The Balaban J connectivity index is 2.78. The zero-order valence-corrected chi connectivity index (χ0v) is 11.7. The summed E-state index contributed by atoms with van der Waals surface area (Å²) in [6.07, 6.45) is 0.625. The first kappa shape index (κ1) is 13.9. The second kappa shape index (κ2) is 5.03. The zero-order chi connectivity index (χ0) is 12.5. The number of hydrogen-bond donors (Lipinski definition) is 1. The lowest BCUT2D eigenvalue weighted by atomic mass is 9.81. The highest BCUT2D eigenvalue weighted by Crippen LogP contribution is 2.28. The number of hydrogen-bond acceptors (Lipinski definition) is 3. The second-order valence-corrected chi connectivity index (χ2v) is 6.38. The van der Waals surface area contributed by atoms with Crippen molar-refractivity contribution in [2.24, 2.45) is 11.1 Å². The van der Waals surface area contributed by atoms with Crippen LogP contribution < -0.4 is 5.73 Å². The van der Waals surface area contributed by atoms with E-state index in [1.54, 1.807) is 0 Å². The van der Waals surface area contributed by atoms with E-state index in [0.29, 0.717) is 18.2 Å². The molecule has 1 heterocycles. The molecule has 0 aliphatic carbocycles. The number of rotatable bonds is 2. The molecule has 0 aromatic heterocycles. The summed E-state index contributed by atoms with van der Waals surface area (Å²) in [4.78, 5) is 2.50. The molecule has 0 amide bonds. The molecule has 0 saturated carbocycles. The fraction of sp³-hybridized carbons (Fsp3) is 1.00. The highest BCUT2D eigenvalue weighted by Gasteiger charge is 2.36. The van der Waals surface area contributed by atoms with Crippen LogP contribution in [-0.2, 0) is 4.74 Å². The van der Waals surface area contributed by atoms with Gasteiger partial charge in [-0.1, -0.05) is 20.8 Å². The maximum Gasteiger partial charge on any atom is 0.0678 e. The average molecular weight is 228 g/mol. The van der Waals surface area contributed by atoms with Crippen LogP contribution in [0.15, 0.2) is 0 Å². The molecular formula is C13H28N2O. The van der Waals surface area contributed by atoms with Crippen LogP contribution in [0, 0.1) is 5.41 Å². The largest absolute Gasteiger partial charge is 0.373 e. The van der Waals surface area contributed by atoms with Crippen LogP contribution in [0.4, 0.5) is 0 Å². The molecule has 1 rings (SSSR count). The van der Waals surface area contributed by atoms with E-state index >= 15 is 0 Å². The molecule has 1 aliphatic rings. The summed E-state index contributed by atoms with van der Waals surface area (Å²) in [5, 5.41) is 0. The molecule has 0 radical (unpaired) electrons. The molecule has 3 nitrogen and oxygen atoms in total. The van der Waals surface area contributed by atoms with E-state index in [-0.39, 0.29) is 11.5 Å². The molecule has 1 aliphatic heterocycles. The van der Waals surface area contributed by atoms with Gasteiger partial charge in [0.05, 0.1) is 12.2 Å². The molecule has 4 unspecified atom stereocenters. The molecule has 3 heteroatoms. The monoisotopic (exact) mass is 228 g/mol.